The lowest BCUT2D eigenvalue weighted by Crippen LogP contribution is -2.21. The van der Waals surface area contributed by atoms with Gasteiger partial charge in [0.1, 0.15) is 0 Å². The summed E-state index contributed by atoms with van der Waals surface area (Å²) in [7, 11) is 0. The zero-order chi connectivity index (χ0) is 10.4. The second kappa shape index (κ2) is 3.64. The highest BCUT2D eigenvalue weighted by Crippen LogP contribution is 2.42. The molecule has 0 bridgehead atoms. The largest absolute Gasteiger partial charge is 0.416 e. The van der Waals surface area contributed by atoms with Crippen molar-refractivity contribution in [2.45, 2.75) is 24.6 Å². The van der Waals surface area contributed by atoms with E-state index in [-0.39, 0.29) is 12.4 Å². The minimum Gasteiger partial charge on any atom is -0.320 e. The lowest BCUT2D eigenvalue weighted by molar-refractivity contribution is -0.137. The summed E-state index contributed by atoms with van der Waals surface area (Å²) < 4.78 is 36.9. The predicted octanol–water partition coefficient (Wildman–Crippen LogP) is 2.47. The fourth-order valence-corrected chi connectivity index (χ4v) is 1.27. The number of halogens is 4. The quantitative estimate of drug-likeness (QED) is 0.816. The summed E-state index contributed by atoms with van der Waals surface area (Å²) in [4.78, 5) is 3.86. The van der Waals surface area contributed by atoms with E-state index in [2.05, 4.69) is 4.98 Å². The third kappa shape index (κ3) is 2.41. The zero-order valence-electron chi connectivity index (χ0n) is 7.71. The molecule has 0 aromatic carbocycles. The normalized spacial score (nSPS) is 18.1. The number of aromatic nitrogens is 1. The van der Waals surface area contributed by atoms with Crippen LogP contribution >= 0.6 is 12.4 Å². The smallest absolute Gasteiger partial charge is 0.320 e. The van der Waals surface area contributed by atoms with Crippen LogP contribution < -0.4 is 5.73 Å². The van der Waals surface area contributed by atoms with Crippen LogP contribution in [0.15, 0.2) is 18.3 Å². The molecule has 0 radical (unpaired) electrons. The molecule has 0 saturated heterocycles. The van der Waals surface area contributed by atoms with Crippen LogP contribution in [-0.2, 0) is 11.7 Å². The first-order valence-electron chi connectivity index (χ1n) is 4.24. The molecule has 1 aliphatic rings. The number of nitrogens with two attached hydrogens (primary N) is 1. The van der Waals surface area contributed by atoms with Crippen molar-refractivity contribution in [2.75, 3.05) is 0 Å². The fourth-order valence-electron chi connectivity index (χ4n) is 1.27. The van der Waals surface area contributed by atoms with Crippen molar-refractivity contribution in [3.63, 3.8) is 0 Å². The first kappa shape index (κ1) is 12.3. The van der Waals surface area contributed by atoms with Gasteiger partial charge in [0.05, 0.1) is 16.8 Å². The lowest BCUT2D eigenvalue weighted by Gasteiger charge is -2.11. The molecule has 15 heavy (non-hydrogen) atoms. The second-order valence-corrected chi connectivity index (χ2v) is 3.58. The number of rotatable bonds is 1. The molecule has 2 rings (SSSR count). The molecular weight excluding hydrogens is 229 g/mol. The van der Waals surface area contributed by atoms with Gasteiger partial charge >= 0.3 is 6.18 Å². The topological polar surface area (TPSA) is 38.9 Å². The maximum Gasteiger partial charge on any atom is 0.416 e. The van der Waals surface area contributed by atoms with Gasteiger partial charge in [-0.3, -0.25) is 4.98 Å². The van der Waals surface area contributed by atoms with Gasteiger partial charge in [0.15, 0.2) is 0 Å². The summed E-state index contributed by atoms with van der Waals surface area (Å²) in [5, 5.41) is 0. The van der Waals surface area contributed by atoms with Crippen LogP contribution in [0.25, 0.3) is 0 Å². The van der Waals surface area contributed by atoms with Crippen LogP contribution in [0.5, 0.6) is 0 Å². The number of hydrogen-bond acceptors (Lipinski definition) is 2. The first-order chi connectivity index (χ1) is 6.42. The van der Waals surface area contributed by atoms with E-state index in [1.165, 1.54) is 0 Å². The molecule has 1 heterocycles. The Morgan fingerprint density at radius 2 is 1.93 bits per heavy atom. The van der Waals surface area contributed by atoms with Crippen LogP contribution in [-0.4, -0.2) is 4.98 Å². The van der Waals surface area contributed by atoms with Crippen LogP contribution in [0.2, 0.25) is 0 Å². The highest BCUT2D eigenvalue weighted by Gasteiger charge is 2.42. The molecular formula is C9H10ClF3N2. The molecule has 1 saturated carbocycles. The number of nitrogens with zero attached hydrogens (tertiary/aromatic N) is 1. The zero-order valence-corrected chi connectivity index (χ0v) is 8.53. The van der Waals surface area contributed by atoms with Crippen LogP contribution in [0, 0.1) is 0 Å². The summed E-state index contributed by atoms with van der Waals surface area (Å²) in [5.74, 6) is 0. The van der Waals surface area contributed by atoms with Crippen molar-refractivity contribution in [3.8, 4) is 0 Å². The maximum absolute atomic E-state index is 12.3. The van der Waals surface area contributed by atoms with Crippen molar-refractivity contribution in [1.82, 2.24) is 4.98 Å². The van der Waals surface area contributed by atoms with Crippen molar-refractivity contribution >= 4 is 12.4 Å². The molecule has 2 nitrogen and oxygen atoms in total. The Balaban J connectivity index is 0.00000112. The molecule has 1 fully saturated rings. The van der Waals surface area contributed by atoms with E-state index in [1.54, 1.807) is 0 Å². The standard InChI is InChI=1S/C9H9F3N2.ClH/c10-9(11,12)6-1-4-14-7(5-6)8(13)2-3-8;/h1,4-5H,2-3,13H2;1H. The van der Waals surface area contributed by atoms with Gasteiger partial charge in [0, 0.05) is 6.20 Å². The average Bonchev–Trinajstić information content (AvgIpc) is 2.84. The monoisotopic (exact) mass is 238 g/mol. The highest BCUT2D eigenvalue weighted by molar-refractivity contribution is 5.85. The molecule has 1 aliphatic carbocycles. The van der Waals surface area contributed by atoms with Crippen LogP contribution in [0.1, 0.15) is 24.1 Å². The molecule has 84 valence electrons. The SMILES string of the molecule is Cl.NC1(c2cc(C(F)(F)F)ccn2)CC1. The number of hydrogen-bond donors (Lipinski definition) is 1. The Morgan fingerprint density at radius 1 is 1.33 bits per heavy atom. The van der Waals surface area contributed by atoms with Crippen molar-refractivity contribution in [1.29, 1.82) is 0 Å². The third-order valence-corrected chi connectivity index (χ3v) is 2.39. The molecule has 0 amide bonds. The summed E-state index contributed by atoms with van der Waals surface area (Å²) >= 11 is 0. The van der Waals surface area contributed by atoms with E-state index in [0.717, 1.165) is 18.3 Å². The van der Waals surface area contributed by atoms with Gasteiger partial charge in [-0.15, -0.1) is 12.4 Å². The Labute approximate surface area is 91.1 Å². The number of pyridine rings is 1. The Morgan fingerprint density at radius 3 is 2.40 bits per heavy atom. The summed E-state index contributed by atoms with van der Waals surface area (Å²) in [6, 6.07) is 1.99. The summed E-state index contributed by atoms with van der Waals surface area (Å²) in [5.41, 5.74) is 4.80. The Hall–Kier alpha value is -0.810. The average molecular weight is 239 g/mol. The van der Waals surface area contributed by atoms with Crippen LogP contribution in [0.4, 0.5) is 13.2 Å². The molecule has 2 N–H and O–H groups in total. The van der Waals surface area contributed by atoms with Gasteiger partial charge in [0.25, 0.3) is 0 Å². The van der Waals surface area contributed by atoms with Gasteiger partial charge in [-0.1, -0.05) is 0 Å². The molecule has 0 spiro atoms. The van der Waals surface area contributed by atoms with E-state index in [1.807, 2.05) is 0 Å². The maximum atomic E-state index is 12.3. The molecule has 0 unspecified atom stereocenters. The van der Waals surface area contributed by atoms with Crippen molar-refractivity contribution in [2.24, 2.45) is 5.73 Å². The molecule has 0 aliphatic heterocycles. The first-order valence-corrected chi connectivity index (χ1v) is 4.24. The van der Waals surface area contributed by atoms with E-state index in [0.29, 0.717) is 18.5 Å². The molecule has 1 aromatic heterocycles. The van der Waals surface area contributed by atoms with E-state index in [4.69, 9.17) is 5.73 Å². The molecule has 0 atom stereocenters. The van der Waals surface area contributed by atoms with Crippen molar-refractivity contribution < 1.29 is 13.2 Å². The van der Waals surface area contributed by atoms with Gasteiger partial charge in [-0.2, -0.15) is 13.2 Å². The summed E-state index contributed by atoms with van der Waals surface area (Å²) in [6.45, 7) is 0. The third-order valence-electron chi connectivity index (χ3n) is 2.39. The second-order valence-electron chi connectivity index (χ2n) is 3.58. The highest BCUT2D eigenvalue weighted by atomic mass is 35.5. The van der Waals surface area contributed by atoms with Gasteiger partial charge in [0.2, 0.25) is 0 Å². The molecule has 6 heteroatoms. The minimum absolute atomic E-state index is 0. The van der Waals surface area contributed by atoms with Gasteiger partial charge in [-0.05, 0) is 25.0 Å². The molecule has 1 aromatic rings. The van der Waals surface area contributed by atoms with E-state index >= 15 is 0 Å². The van der Waals surface area contributed by atoms with Gasteiger partial charge in [-0.25, -0.2) is 0 Å². The Bertz CT molecular complexity index is 340. The predicted molar refractivity (Wildman–Crippen MR) is 51.6 cm³/mol. The van der Waals surface area contributed by atoms with Crippen molar-refractivity contribution in [3.05, 3.63) is 29.6 Å². The summed E-state index contributed by atoms with van der Waals surface area (Å²) in [6.07, 6.45) is -1.74. The van der Waals surface area contributed by atoms with Crippen LogP contribution in [0.3, 0.4) is 0 Å². The lowest BCUT2D eigenvalue weighted by atomic mass is 10.1. The fraction of sp³-hybridized carbons (Fsp3) is 0.444. The number of alkyl halides is 3. The van der Waals surface area contributed by atoms with E-state index in [9.17, 15) is 13.2 Å². The Kier molecular flexibility index (Phi) is 2.98. The minimum atomic E-state index is -4.32. The van der Waals surface area contributed by atoms with Gasteiger partial charge < -0.3 is 5.73 Å². The van der Waals surface area contributed by atoms with E-state index < -0.39 is 17.3 Å².